The molecule has 0 amide bonds. The highest BCUT2D eigenvalue weighted by molar-refractivity contribution is 7.25. The van der Waals surface area contributed by atoms with Crippen LogP contribution in [0.3, 0.4) is 0 Å². The van der Waals surface area contributed by atoms with Gasteiger partial charge in [0.25, 0.3) is 0 Å². The van der Waals surface area contributed by atoms with Crippen molar-refractivity contribution in [1.82, 2.24) is 19.5 Å². The first kappa shape index (κ1) is 34.5. The second-order valence-corrected chi connectivity index (χ2v) is 17.4. The molecule has 0 saturated heterocycles. The minimum atomic E-state index is 0.591. The van der Waals surface area contributed by atoms with Gasteiger partial charge in [-0.1, -0.05) is 140 Å². The van der Waals surface area contributed by atoms with Gasteiger partial charge in [0.1, 0.15) is 11.2 Å². The maximum absolute atomic E-state index is 6.94. The summed E-state index contributed by atoms with van der Waals surface area (Å²) in [4.78, 5) is 15.5. The Bertz CT molecular complexity index is 4130. The predicted molar refractivity (Wildman–Crippen MR) is 263 cm³/mol. The lowest BCUT2D eigenvalue weighted by molar-refractivity contribution is 0.672. The van der Waals surface area contributed by atoms with Crippen LogP contribution in [0.15, 0.2) is 199 Å². The lowest BCUT2D eigenvalue weighted by Gasteiger charge is -2.13. The molecule has 0 aliphatic carbocycles. The van der Waals surface area contributed by atoms with Crippen molar-refractivity contribution in [1.29, 1.82) is 0 Å². The average molecular weight is 821 g/mol. The van der Waals surface area contributed by atoms with Crippen molar-refractivity contribution in [2.45, 2.75) is 0 Å². The molecule has 0 aliphatic rings. The Labute approximate surface area is 363 Å². The number of hydrogen-bond donors (Lipinski definition) is 0. The quantitative estimate of drug-likeness (QED) is 0.177. The number of nitrogens with zero attached hydrogens (tertiary/aromatic N) is 4. The van der Waals surface area contributed by atoms with E-state index in [2.05, 4.69) is 180 Å². The van der Waals surface area contributed by atoms with Gasteiger partial charge in [-0.15, -0.1) is 11.3 Å². The lowest BCUT2D eigenvalue weighted by atomic mass is 10.0. The van der Waals surface area contributed by atoms with Crippen molar-refractivity contribution in [2.24, 2.45) is 0 Å². The molecule has 4 aromatic heterocycles. The van der Waals surface area contributed by atoms with Gasteiger partial charge in [0.05, 0.1) is 16.7 Å². The first-order valence-corrected chi connectivity index (χ1v) is 22.0. The molecule has 10 aromatic carbocycles. The van der Waals surface area contributed by atoms with Gasteiger partial charge in [0.15, 0.2) is 17.5 Å². The van der Waals surface area contributed by atoms with Crippen LogP contribution in [0.25, 0.3) is 136 Å². The molecule has 0 aliphatic heterocycles. The molecule has 0 radical (unpaired) electrons. The fourth-order valence-electron chi connectivity index (χ4n) is 9.85. The van der Waals surface area contributed by atoms with Crippen LogP contribution >= 0.6 is 11.3 Å². The van der Waals surface area contributed by atoms with Crippen LogP contribution in [0.1, 0.15) is 0 Å². The zero-order valence-electron chi connectivity index (χ0n) is 33.6. The van der Waals surface area contributed by atoms with E-state index in [1.54, 1.807) is 11.3 Å². The maximum atomic E-state index is 6.94. The van der Waals surface area contributed by atoms with E-state index >= 15 is 0 Å². The monoisotopic (exact) mass is 820 g/mol. The first-order valence-electron chi connectivity index (χ1n) is 21.2. The molecular formula is C57H32N4OS. The van der Waals surface area contributed by atoms with Crippen LogP contribution in [-0.4, -0.2) is 19.5 Å². The summed E-state index contributed by atoms with van der Waals surface area (Å²) in [5, 5.41) is 14.0. The Morgan fingerprint density at radius 1 is 0.381 bits per heavy atom. The molecule has 14 rings (SSSR count). The van der Waals surface area contributed by atoms with E-state index in [1.165, 1.54) is 58.1 Å². The maximum Gasteiger partial charge on any atom is 0.164 e. The van der Waals surface area contributed by atoms with Crippen molar-refractivity contribution >= 4 is 108 Å². The summed E-state index contributed by atoms with van der Waals surface area (Å²) in [6.07, 6.45) is 0. The van der Waals surface area contributed by atoms with Crippen molar-refractivity contribution in [3.8, 4) is 39.9 Å². The molecule has 0 fully saturated rings. The fraction of sp³-hybridized carbons (Fsp3) is 0. The van der Waals surface area contributed by atoms with E-state index in [9.17, 15) is 0 Å². The highest BCUT2D eigenvalue weighted by Crippen LogP contribution is 2.44. The Morgan fingerprint density at radius 3 is 1.70 bits per heavy atom. The molecule has 0 atom stereocenters. The second-order valence-electron chi connectivity index (χ2n) is 16.3. The molecule has 292 valence electrons. The molecule has 0 unspecified atom stereocenters. The van der Waals surface area contributed by atoms with Crippen LogP contribution in [-0.2, 0) is 0 Å². The Kier molecular flexibility index (Phi) is 7.21. The van der Waals surface area contributed by atoms with Crippen molar-refractivity contribution < 1.29 is 4.42 Å². The average Bonchev–Trinajstić information content (AvgIpc) is 4.01. The van der Waals surface area contributed by atoms with Gasteiger partial charge in [0, 0.05) is 69.2 Å². The number of thiophene rings is 1. The van der Waals surface area contributed by atoms with E-state index in [4.69, 9.17) is 19.4 Å². The summed E-state index contributed by atoms with van der Waals surface area (Å²) in [7, 11) is 0. The van der Waals surface area contributed by atoms with Gasteiger partial charge < -0.3 is 8.98 Å². The number of benzene rings is 10. The molecule has 63 heavy (non-hydrogen) atoms. The molecule has 14 aromatic rings. The van der Waals surface area contributed by atoms with Crippen LogP contribution in [0.4, 0.5) is 0 Å². The summed E-state index contributed by atoms with van der Waals surface area (Å²) >= 11 is 1.79. The first-order chi connectivity index (χ1) is 31.2. The largest absolute Gasteiger partial charge is 0.455 e. The molecular weight excluding hydrogens is 789 g/mol. The molecule has 0 spiro atoms. The van der Waals surface area contributed by atoms with Crippen molar-refractivity contribution in [3.05, 3.63) is 194 Å². The number of hydrogen-bond acceptors (Lipinski definition) is 5. The number of rotatable bonds is 4. The zero-order valence-corrected chi connectivity index (χ0v) is 34.4. The highest BCUT2D eigenvalue weighted by Gasteiger charge is 2.22. The van der Waals surface area contributed by atoms with Gasteiger partial charge in [-0.05, 0) is 76.1 Å². The van der Waals surface area contributed by atoms with E-state index < -0.39 is 0 Å². The van der Waals surface area contributed by atoms with Crippen LogP contribution in [0, 0.1) is 0 Å². The van der Waals surface area contributed by atoms with Crippen molar-refractivity contribution in [2.75, 3.05) is 0 Å². The minimum Gasteiger partial charge on any atom is -0.455 e. The molecule has 0 N–H and O–H groups in total. The van der Waals surface area contributed by atoms with E-state index in [0.717, 1.165) is 60.5 Å². The van der Waals surface area contributed by atoms with Crippen LogP contribution in [0.5, 0.6) is 0 Å². The lowest BCUT2D eigenvalue weighted by Crippen LogP contribution is -2.00. The normalized spacial score (nSPS) is 12.1. The number of furan rings is 1. The Morgan fingerprint density at radius 2 is 0.968 bits per heavy atom. The summed E-state index contributed by atoms with van der Waals surface area (Å²) in [6, 6.07) is 69.2. The van der Waals surface area contributed by atoms with Gasteiger partial charge in [-0.25, -0.2) is 15.0 Å². The topological polar surface area (TPSA) is 56.7 Å². The Hall–Kier alpha value is -8.19. The molecule has 6 heteroatoms. The third kappa shape index (κ3) is 5.19. The standard InChI is InChI=1S/C57H32N4OS/c1-2-13-33(14-3-1)55-58-56(60-57(59-55)43-22-12-24-52-53(43)42-21-10-11-23-51(42)63-52)38-25-26-40-46-32-49(39-19-8-9-20-41(39)54(46)62-50(40)31-38)61-47-29-36-17-6-4-15-34(36)27-44(47)45-28-35-16-5-7-18-37(35)30-48(45)61/h1-32H. The highest BCUT2D eigenvalue weighted by atomic mass is 32.1. The fourth-order valence-corrected chi connectivity index (χ4v) is 11.0. The second kappa shape index (κ2) is 13.2. The molecule has 5 nitrogen and oxygen atoms in total. The SMILES string of the molecule is c1ccc(-c2nc(-c3ccc4c(c3)oc3c5ccccc5c(-n5c6cc7ccccc7cc6c6cc7ccccc7cc65)cc43)nc(-c3cccc4sc5ccccc5c34)n2)cc1. The third-order valence-electron chi connectivity index (χ3n) is 12.8. The smallest absolute Gasteiger partial charge is 0.164 e. The summed E-state index contributed by atoms with van der Waals surface area (Å²) < 4.78 is 11.8. The number of fused-ring (bicyclic) bond motifs is 13. The molecule has 4 heterocycles. The Balaban J connectivity index is 1.00. The van der Waals surface area contributed by atoms with Gasteiger partial charge in [-0.2, -0.15) is 0 Å². The summed E-state index contributed by atoms with van der Waals surface area (Å²) in [6.45, 7) is 0. The van der Waals surface area contributed by atoms with Gasteiger partial charge in [-0.3, -0.25) is 0 Å². The number of aromatic nitrogens is 4. The van der Waals surface area contributed by atoms with Crippen LogP contribution < -0.4 is 0 Å². The predicted octanol–water partition coefficient (Wildman–Crippen LogP) is 15.7. The summed E-state index contributed by atoms with van der Waals surface area (Å²) in [5.41, 5.74) is 7.86. The van der Waals surface area contributed by atoms with E-state index in [0.29, 0.717) is 17.5 Å². The third-order valence-corrected chi connectivity index (χ3v) is 13.9. The van der Waals surface area contributed by atoms with Gasteiger partial charge in [0.2, 0.25) is 0 Å². The van der Waals surface area contributed by atoms with Crippen molar-refractivity contribution in [3.63, 3.8) is 0 Å². The molecule has 0 bridgehead atoms. The van der Waals surface area contributed by atoms with Gasteiger partial charge >= 0.3 is 0 Å². The van der Waals surface area contributed by atoms with E-state index in [-0.39, 0.29) is 0 Å². The minimum absolute atomic E-state index is 0.591. The van der Waals surface area contributed by atoms with Crippen LogP contribution in [0.2, 0.25) is 0 Å². The van der Waals surface area contributed by atoms with E-state index in [1.807, 2.05) is 18.2 Å². The molecule has 0 saturated carbocycles. The summed E-state index contributed by atoms with van der Waals surface area (Å²) in [5.74, 6) is 1.85. The zero-order chi connectivity index (χ0) is 41.2.